The number of nitrogens with zero attached hydrogens (tertiary/aromatic N) is 2. The summed E-state index contributed by atoms with van der Waals surface area (Å²) in [6.07, 6.45) is 6.13. The Bertz CT molecular complexity index is 851. The molecule has 1 fully saturated rings. The number of piperidine rings is 1. The standard InChI is InChI=1S/C26H33N2O.Ac.ClH/c1-20-4-2-3-5-25(20)19-28-16-12-22-7-8-24(18-23(22)13-17-28)26(29)9-6-21-10-14-27-15-11-21;;/h2-5,7-8,18,21H,6,9-17,19H2,1H3;;1H/q-1;;. The van der Waals surface area contributed by atoms with Gasteiger partial charge < -0.3 is 5.32 Å². The van der Waals surface area contributed by atoms with Crippen molar-refractivity contribution in [1.82, 2.24) is 4.90 Å². The van der Waals surface area contributed by atoms with Gasteiger partial charge in [0.2, 0.25) is 0 Å². The van der Waals surface area contributed by atoms with Crippen LogP contribution in [0.4, 0.5) is 0 Å². The number of fused-ring (bicyclic) bond motifs is 1. The molecule has 2 aliphatic heterocycles. The fraction of sp³-hybridized carbons (Fsp3) is 0.500. The zero-order valence-electron chi connectivity index (χ0n) is 18.7. The summed E-state index contributed by atoms with van der Waals surface area (Å²) in [5, 5.41) is 4.42. The first-order valence-corrected chi connectivity index (χ1v) is 11.2. The molecule has 1 saturated heterocycles. The van der Waals surface area contributed by atoms with Crippen molar-refractivity contribution in [2.75, 3.05) is 26.2 Å². The Labute approximate surface area is 229 Å². The van der Waals surface area contributed by atoms with Gasteiger partial charge >= 0.3 is 0 Å². The third-order valence-electron chi connectivity index (χ3n) is 6.75. The van der Waals surface area contributed by atoms with Gasteiger partial charge in [0, 0.05) is 75.7 Å². The molecule has 2 aromatic rings. The third kappa shape index (κ3) is 7.65. The van der Waals surface area contributed by atoms with E-state index in [1.165, 1.54) is 22.3 Å². The number of ketones is 1. The smallest absolute Gasteiger partial charge is 0.162 e. The number of hydrogen-bond donors (Lipinski definition) is 0. The van der Waals surface area contributed by atoms with Crippen LogP contribution in [-0.4, -0.2) is 36.9 Å². The van der Waals surface area contributed by atoms with Gasteiger partial charge in [-0.2, -0.15) is 0 Å². The van der Waals surface area contributed by atoms with E-state index in [2.05, 4.69) is 59.6 Å². The summed E-state index contributed by atoms with van der Waals surface area (Å²) in [6, 6.07) is 15.1. The molecular weight excluding hydrogens is 619 g/mol. The first-order valence-electron chi connectivity index (χ1n) is 11.2. The van der Waals surface area contributed by atoms with Crippen LogP contribution in [0.3, 0.4) is 0 Å². The first-order chi connectivity index (χ1) is 14.2. The summed E-state index contributed by atoms with van der Waals surface area (Å²) in [7, 11) is 0. The van der Waals surface area contributed by atoms with E-state index in [1.807, 2.05) is 0 Å². The number of rotatable bonds is 6. The van der Waals surface area contributed by atoms with Crippen molar-refractivity contribution in [2.45, 2.75) is 52.0 Å². The Hall–Kier alpha value is -0.238. The molecule has 0 saturated carbocycles. The number of halogens is 1. The number of hydrogen-bond acceptors (Lipinski definition) is 2. The molecule has 165 valence electrons. The molecule has 0 aliphatic carbocycles. The molecule has 31 heavy (non-hydrogen) atoms. The van der Waals surface area contributed by atoms with Crippen molar-refractivity contribution in [3.63, 3.8) is 0 Å². The fourth-order valence-corrected chi connectivity index (χ4v) is 4.70. The Morgan fingerprint density at radius 1 is 1.03 bits per heavy atom. The number of carbonyl (C=O) groups is 1. The van der Waals surface area contributed by atoms with Crippen molar-refractivity contribution >= 4 is 18.2 Å². The molecule has 3 nitrogen and oxygen atoms in total. The fourth-order valence-electron chi connectivity index (χ4n) is 4.70. The predicted molar refractivity (Wildman–Crippen MR) is 127 cm³/mol. The summed E-state index contributed by atoms with van der Waals surface area (Å²) < 4.78 is 0. The van der Waals surface area contributed by atoms with Gasteiger partial charge in [-0.05, 0) is 60.4 Å². The minimum absolute atomic E-state index is 0. The van der Waals surface area contributed by atoms with Crippen LogP contribution in [0.15, 0.2) is 42.5 Å². The van der Waals surface area contributed by atoms with Gasteiger partial charge in [0.15, 0.2) is 5.78 Å². The van der Waals surface area contributed by atoms with E-state index in [9.17, 15) is 4.79 Å². The minimum atomic E-state index is 0. The Balaban J connectivity index is 0.00000171. The Kier molecular flexibility index (Phi) is 11.7. The Morgan fingerprint density at radius 2 is 1.74 bits per heavy atom. The second-order valence-electron chi connectivity index (χ2n) is 8.76. The molecular formula is C26H34AcClN2O-. The van der Waals surface area contributed by atoms with Gasteiger partial charge in [-0.15, -0.1) is 25.5 Å². The van der Waals surface area contributed by atoms with Gasteiger partial charge in [0.05, 0.1) is 0 Å². The van der Waals surface area contributed by atoms with E-state index in [1.54, 1.807) is 0 Å². The van der Waals surface area contributed by atoms with E-state index in [0.717, 1.165) is 70.4 Å². The molecule has 0 atom stereocenters. The molecule has 0 unspecified atom stereocenters. The van der Waals surface area contributed by atoms with Crippen molar-refractivity contribution in [2.24, 2.45) is 5.92 Å². The molecule has 2 heterocycles. The Morgan fingerprint density at radius 3 is 2.48 bits per heavy atom. The zero-order valence-corrected chi connectivity index (χ0v) is 24.2. The first kappa shape index (κ1) is 27.0. The molecule has 1 radical (unpaired) electrons. The van der Waals surface area contributed by atoms with Crippen LogP contribution in [0, 0.1) is 56.9 Å². The monoisotopic (exact) mass is 652 g/mol. The SMILES string of the molecule is Cc1ccccc1CN1CCc2ccc(C(=O)CCC3CC[N-]CC3)cc2CC1.Cl.[Ac]. The van der Waals surface area contributed by atoms with Crippen molar-refractivity contribution in [3.05, 3.63) is 75.6 Å². The minimum Gasteiger partial charge on any atom is -0.662 e. The van der Waals surface area contributed by atoms with Gasteiger partial charge in [-0.25, -0.2) is 0 Å². The summed E-state index contributed by atoms with van der Waals surface area (Å²) >= 11 is 0. The summed E-state index contributed by atoms with van der Waals surface area (Å²) in [6.45, 7) is 7.32. The largest absolute Gasteiger partial charge is 0.662 e. The van der Waals surface area contributed by atoms with E-state index >= 15 is 0 Å². The zero-order chi connectivity index (χ0) is 20.1. The van der Waals surface area contributed by atoms with Crippen LogP contribution in [0.1, 0.15) is 58.3 Å². The molecule has 0 N–H and O–H groups in total. The quantitative estimate of drug-likeness (QED) is 0.372. The van der Waals surface area contributed by atoms with E-state index in [-0.39, 0.29) is 56.5 Å². The average molecular weight is 653 g/mol. The third-order valence-corrected chi connectivity index (χ3v) is 6.75. The second kappa shape index (κ2) is 13.5. The second-order valence-corrected chi connectivity index (χ2v) is 8.76. The van der Waals surface area contributed by atoms with Gasteiger partial charge in [0.1, 0.15) is 0 Å². The molecule has 0 aromatic heterocycles. The number of aryl methyl sites for hydroxylation is 1. The van der Waals surface area contributed by atoms with Crippen molar-refractivity contribution in [3.8, 4) is 0 Å². The number of carbonyl (C=O) groups excluding carboxylic acids is 1. The van der Waals surface area contributed by atoms with E-state index < -0.39 is 0 Å². The molecule has 0 bridgehead atoms. The van der Waals surface area contributed by atoms with Crippen LogP contribution in [0.5, 0.6) is 0 Å². The van der Waals surface area contributed by atoms with Crippen molar-refractivity contribution in [1.29, 1.82) is 0 Å². The molecule has 2 aliphatic rings. The van der Waals surface area contributed by atoms with E-state index in [0.29, 0.717) is 18.1 Å². The molecule has 0 spiro atoms. The topological polar surface area (TPSA) is 34.4 Å². The summed E-state index contributed by atoms with van der Waals surface area (Å²) in [4.78, 5) is 15.3. The number of Topliss-reactive ketones (excluding diaryl/α,β-unsaturated/α-hetero) is 1. The molecule has 0 amide bonds. The van der Waals surface area contributed by atoms with Crippen molar-refractivity contribution < 1.29 is 48.9 Å². The van der Waals surface area contributed by atoms with Gasteiger partial charge in [-0.3, -0.25) is 9.69 Å². The maximum absolute atomic E-state index is 12.8. The molecule has 5 heteroatoms. The van der Waals surface area contributed by atoms with Crippen LogP contribution >= 0.6 is 12.4 Å². The van der Waals surface area contributed by atoms with Crippen LogP contribution in [-0.2, 0) is 19.4 Å². The van der Waals surface area contributed by atoms with E-state index in [4.69, 9.17) is 0 Å². The number of benzene rings is 2. The normalized spacial score (nSPS) is 17.1. The summed E-state index contributed by atoms with van der Waals surface area (Å²) in [5.74, 6) is 1.00. The summed E-state index contributed by atoms with van der Waals surface area (Å²) in [5.41, 5.74) is 6.50. The van der Waals surface area contributed by atoms with Gasteiger partial charge in [-0.1, -0.05) is 49.2 Å². The van der Waals surface area contributed by atoms with Crippen LogP contribution < -0.4 is 0 Å². The predicted octanol–water partition coefficient (Wildman–Crippen LogP) is 5.76. The van der Waals surface area contributed by atoms with Crippen LogP contribution in [0.25, 0.3) is 5.32 Å². The molecule has 2 aromatic carbocycles. The maximum Gasteiger partial charge on any atom is 0.162 e. The molecule has 4 rings (SSSR count). The maximum atomic E-state index is 12.8. The average Bonchev–Trinajstić information content (AvgIpc) is 2.96. The van der Waals surface area contributed by atoms with Crippen LogP contribution in [0.2, 0.25) is 0 Å². The van der Waals surface area contributed by atoms with Gasteiger partial charge in [0.25, 0.3) is 0 Å².